The Kier molecular flexibility index (Phi) is 3.14. The molecule has 0 aromatic carbocycles. The van der Waals surface area contributed by atoms with E-state index in [-0.39, 0.29) is 11.8 Å². The van der Waals surface area contributed by atoms with E-state index in [4.69, 9.17) is 4.42 Å². The number of hydrogen-bond donors (Lipinski definition) is 1. The Balaban J connectivity index is 1.58. The van der Waals surface area contributed by atoms with Crippen LogP contribution in [0.15, 0.2) is 29.1 Å². The lowest BCUT2D eigenvalue weighted by Gasteiger charge is -2.24. The Morgan fingerprint density at radius 1 is 1.35 bits per heavy atom. The van der Waals surface area contributed by atoms with Gasteiger partial charge >= 0.3 is 11.8 Å². The summed E-state index contributed by atoms with van der Waals surface area (Å²) in [5.74, 6) is 0.0231. The number of hydrogen-bond acceptors (Lipinski definition) is 6. The van der Waals surface area contributed by atoms with Gasteiger partial charge in [0, 0.05) is 24.9 Å². The van der Waals surface area contributed by atoms with Gasteiger partial charge in [-0.15, -0.1) is 10.2 Å². The van der Waals surface area contributed by atoms with E-state index in [0.717, 1.165) is 22.6 Å². The summed E-state index contributed by atoms with van der Waals surface area (Å²) in [7, 11) is 0. The van der Waals surface area contributed by atoms with E-state index in [1.165, 1.54) is 0 Å². The smallest absolute Gasteiger partial charge is 0.311 e. The number of rotatable bonds is 2. The number of carbonyl (C=O) groups is 1. The van der Waals surface area contributed by atoms with Gasteiger partial charge in [-0.1, -0.05) is 0 Å². The molecule has 1 aliphatic heterocycles. The van der Waals surface area contributed by atoms with Gasteiger partial charge in [-0.3, -0.25) is 9.78 Å². The van der Waals surface area contributed by atoms with Gasteiger partial charge < -0.3 is 14.3 Å². The van der Waals surface area contributed by atoms with Crippen molar-refractivity contribution in [1.29, 1.82) is 0 Å². The number of aromatic nitrogens is 5. The fraction of sp³-hybridized carbons (Fsp3) is 0.267. The van der Waals surface area contributed by atoms with Crippen molar-refractivity contribution in [3.05, 3.63) is 47.6 Å². The van der Waals surface area contributed by atoms with Crippen LogP contribution in [0.4, 0.5) is 0 Å². The molecule has 4 heterocycles. The largest absolute Gasteiger partial charge is 0.412 e. The van der Waals surface area contributed by atoms with Crippen LogP contribution < -0.4 is 0 Å². The van der Waals surface area contributed by atoms with Crippen molar-refractivity contribution in [1.82, 2.24) is 30.0 Å². The highest BCUT2D eigenvalue weighted by molar-refractivity contribution is 5.89. The predicted octanol–water partition coefficient (Wildman–Crippen LogP) is 1.36. The lowest BCUT2D eigenvalue weighted by molar-refractivity contribution is 0.0692. The summed E-state index contributed by atoms with van der Waals surface area (Å²) in [6.45, 7) is 2.91. The molecule has 0 radical (unpaired) electrons. The van der Waals surface area contributed by atoms with Crippen molar-refractivity contribution in [2.75, 3.05) is 6.54 Å². The van der Waals surface area contributed by atoms with E-state index >= 15 is 0 Å². The molecule has 0 saturated heterocycles. The predicted molar refractivity (Wildman–Crippen MR) is 79.3 cm³/mol. The van der Waals surface area contributed by atoms with Crippen LogP contribution in [0.25, 0.3) is 11.5 Å². The molecule has 0 saturated carbocycles. The molecular weight excluding hydrogens is 296 g/mol. The van der Waals surface area contributed by atoms with Gasteiger partial charge in [0.1, 0.15) is 0 Å². The van der Waals surface area contributed by atoms with Crippen molar-refractivity contribution in [2.45, 2.75) is 19.9 Å². The van der Waals surface area contributed by atoms with Gasteiger partial charge in [0.25, 0.3) is 0 Å². The van der Waals surface area contributed by atoms with Crippen LogP contribution >= 0.6 is 0 Å². The number of H-pyrrole nitrogens is 1. The second-order valence-electron chi connectivity index (χ2n) is 5.35. The molecule has 1 amide bonds. The summed E-state index contributed by atoms with van der Waals surface area (Å²) < 4.78 is 5.56. The summed E-state index contributed by atoms with van der Waals surface area (Å²) >= 11 is 0. The normalized spacial score (nSPS) is 13.9. The third kappa shape index (κ3) is 2.37. The van der Waals surface area contributed by atoms with Crippen LogP contribution in [0.5, 0.6) is 0 Å². The molecule has 8 heteroatoms. The van der Waals surface area contributed by atoms with E-state index in [9.17, 15) is 4.79 Å². The van der Waals surface area contributed by atoms with E-state index in [1.807, 2.05) is 13.0 Å². The third-order valence-corrected chi connectivity index (χ3v) is 3.91. The van der Waals surface area contributed by atoms with Crippen molar-refractivity contribution < 1.29 is 9.21 Å². The van der Waals surface area contributed by atoms with Gasteiger partial charge in [0.05, 0.1) is 29.8 Å². The molecule has 116 valence electrons. The van der Waals surface area contributed by atoms with Crippen molar-refractivity contribution in [3.63, 3.8) is 0 Å². The van der Waals surface area contributed by atoms with Crippen molar-refractivity contribution in [2.24, 2.45) is 0 Å². The van der Waals surface area contributed by atoms with Crippen LogP contribution in [0.2, 0.25) is 0 Å². The summed E-state index contributed by atoms with van der Waals surface area (Å²) in [5.41, 5.74) is 3.46. The van der Waals surface area contributed by atoms with Gasteiger partial charge in [0.15, 0.2) is 0 Å². The fourth-order valence-electron chi connectivity index (χ4n) is 2.65. The molecule has 0 unspecified atom stereocenters. The van der Waals surface area contributed by atoms with Crippen molar-refractivity contribution >= 4 is 5.91 Å². The molecule has 23 heavy (non-hydrogen) atoms. The summed E-state index contributed by atoms with van der Waals surface area (Å²) in [6.07, 6.45) is 4.05. The molecule has 4 rings (SSSR count). The third-order valence-electron chi connectivity index (χ3n) is 3.91. The minimum absolute atomic E-state index is 0.00813. The lowest BCUT2D eigenvalue weighted by atomic mass is 10.1. The maximum Gasteiger partial charge on any atom is 0.311 e. The minimum atomic E-state index is -0.273. The lowest BCUT2D eigenvalue weighted by Crippen LogP contribution is -2.36. The molecule has 0 aliphatic carbocycles. The Morgan fingerprint density at radius 3 is 3.13 bits per heavy atom. The van der Waals surface area contributed by atoms with Crippen LogP contribution in [0.3, 0.4) is 0 Å². The number of amides is 1. The van der Waals surface area contributed by atoms with Gasteiger partial charge in [0.2, 0.25) is 5.89 Å². The van der Waals surface area contributed by atoms with Gasteiger partial charge in [-0.2, -0.15) is 0 Å². The van der Waals surface area contributed by atoms with Crippen LogP contribution in [0, 0.1) is 6.92 Å². The number of aryl methyl sites for hydroxylation is 1. The maximum absolute atomic E-state index is 12.5. The number of imidazole rings is 1. The standard InChI is InChI=1S/C15H14N6O2/c1-9-10(3-2-5-16-9)13-19-20-14(23-13)15(22)21-6-4-11-12(7-21)18-8-17-11/h2-3,5,8H,4,6-7H2,1H3,(H,17,18). The zero-order valence-electron chi connectivity index (χ0n) is 12.5. The Hall–Kier alpha value is -3.03. The van der Waals surface area contributed by atoms with Crippen LogP contribution in [0.1, 0.15) is 27.8 Å². The zero-order chi connectivity index (χ0) is 15.8. The summed E-state index contributed by atoms with van der Waals surface area (Å²) in [6, 6.07) is 3.63. The van der Waals surface area contributed by atoms with E-state index in [0.29, 0.717) is 25.4 Å². The molecule has 1 N–H and O–H groups in total. The van der Waals surface area contributed by atoms with Crippen LogP contribution in [-0.4, -0.2) is 42.5 Å². The molecule has 8 nitrogen and oxygen atoms in total. The molecule has 3 aromatic heterocycles. The molecule has 0 fully saturated rings. The number of fused-ring (bicyclic) bond motifs is 1. The van der Waals surface area contributed by atoms with E-state index in [2.05, 4.69) is 25.1 Å². The SMILES string of the molecule is Cc1ncccc1-c1nnc(C(=O)N2CCc3nc[nH]c3C2)o1. The Morgan fingerprint density at radius 2 is 2.26 bits per heavy atom. The first kappa shape index (κ1) is 13.6. The first-order chi connectivity index (χ1) is 11.2. The van der Waals surface area contributed by atoms with E-state index < -0.39 is 0 Å². The molecular formula is C15H14N6O2. The quantitative estimate of drug-likeness (QED) is 0.767. The van der Waals surface area contributed by atoms with Crippen molar-refractivity contribution in [3.8, 4) is 11.5 Å². The maximum atomic E-state index is 12.5. The first-order valence-electron chi connectivity index (χ1n) is 7.28. The van der Waals surface area contributed by atoms with E-state index in [1.54, 1.807) is 23.5 Å². The molecule has 1 aliphatic rings. The molecule has 0 bridgehead atoms. The first-order valence-corrected chi connectivity index (χ1v) is 7.28. The highest BCUT2D eigenvalue weighted by Gasteiger charge is 2.27. The average Bonchev–Trinajstić information content (AvgIpc) is 3.23. The highest BCUT2D eigenvalue weighted by Crippen LogP contribution is 2.22. The molecule has 0 spiro atoms. The Labute approximate surface area is 131 Å². The average molecular weight is 310 g/mol. The minimum Gasteiger partial charge on any atom is -0.412 e. The summed E-state index contributed by atoms with van der Waals surface area (Å²) in [4.78, 5) is 25.7. The highest BCUT2D eigenvalue weighted by atomic mass is 16.4. The molecule has 3 aromatic rings. The topological polar surface area (TPSA) is 101 Å². The monoisotopic (exact) mass is 310 g/mol. The number of aromatic amines is 1. The zero-order valence-corrected chi connectivity index (χ0v) is 12.5. The Bertz CT molecular complexity index is 868. The van der Waals surface area contributed by atoms with Crippen LogP contribution in [-0.2, 0) is 13.0 Å². The fourth-order valence-corrected chi connectivity index (χ4v) is 2.65. The second-order valence-corrected chi connectivity index (χ2v) is 5.35. The molecule has 0 atom stereocenters. The summed E-state index contributed by atoms with van der Waals surface area (Å²) in [5, 5.41) is 7.86. The number of pyridine rings is 1. The number of carbonyl (C=O) groups excluding carboxylic acids is 1. The van der Waals surface area contributed by atoms with Gasteiger partial charge in [-0.25, -0.2) is 4.98 Å². The van der Waals surface area contributed by atoms with Gasteiger partial charge in [-0.05, 0) is 19.1 Å². The second kappa shape index (κ2) is 5.31. The number of nitrogens with one attached hydrogen (secondary N) is 1. The number of nitrogens with zero attached hydrogens (tertiary/aromatic N) is 5.